The van der Waals surface area contributed by atoms with Gasteiger partial charge in [0.25, 0.3) is 5.69 Å². The number of rotatable bonds is 4. The van der Waals surface area contributed by atoms with Crippen molar-refractivity contribution < 1.29 is 24.4 Å². The molecule has 0 heterocycles. The lowest BCUT2D eigenvalue weighted by Crippen LogP contribution is -2.07. The number of methoxy groups -OCH3 is 1. The summed E-state index contributed by atoms with van der Waals surface area (Å²) in [6.07, 6.45) is -0.474. The topological polar surface area (TPSA) is 107 Å². The first-order chi connectivity index (χ1) is 7.95. The molecule has 0 bridgehead atoms. The number of carboxylic acid groups (broad SMARTS) is 1. The van der Waals surface area contributed by atoms with Crippen LogP contribution in [0.25, 0.3) is 0 Å². The normalized spacial score (nSPS) is 9.71. The van der Waals surface area contributed by atoms with Gasteiger partial charge in [-0.2, -0.15) is 0 Å². The molecule has 0 amide bonds. The molecule has 0 aromatic heterocycles. The van der Waals surface area contributed by atoms with Crippen molar-refractivity contribution in [2.45, 2.75) is 6.42 Å². The van der Waals surface area contributed by atoms with Gasteiger partial charge in [-0.05, 0) is 6.07 Å². The van der Waals surface area contributed by atoms with Crippen molar-refractivity contribution in [2.24, 2.45) is 0 Å². The number of carbonyl (C=O) groups is 2. The Hall–Kier alpha value is -2.44. The first-order valence-corrected chi connectivity index (χ1v) is 4.53. The van der Waals surface area contributed by atoms with Crippen LogP contribution in [0.15, 0.2) is 18.2 Å². The number of hydrogen-bond donors (Lipinski definition) is 1. The monoisotopic (exact) mass is 239 g/mol. The number of nitrogens with zero attached hydrogens (tertiary/aromatic N) is 1. The third kappa shape index (κ3) is 3.00. The summed E-state index contributed by atoms with van der Waals surface area (Å²) in [5.41, 5.74) is -0.362. The maximum absolute atomic E-state index is 11.2. The second-order valence-electron chi connectivity index (χ2n) is 3.16. The van der Waals surface area contributed by atoms with Gasteiger partial charge in [0.2, 0.25) is 0 Å². The van der Waals surface area contributed by atoms with Crippen LogP contribution in [0.3, 0.4) is 0 Å². The lowest BCUT2D eigenvalue weighted by molar-refractivity contribution is -0.385. The second-order valence-corrected chi connectivity index (χ2v) is 3.16. The van der Waals surface area contributed by atoms with Gasteiger partial charge in [0.05, 0.1) is 24.0 Å². The van der Waals surface area contributed by atoms with Crippen LogP contribution in [0.4, 0.5) is 5.69 Å². The summed E-state index contributed by atoms with van der Waals surface area (Å²) in [7, 11) is 1.15. The molecule has 7 nitrogen and oxygen atoms in total. The highest BCUT2D eigenvalue weighted by Crippen LogP contribution is 2.21. The van der Waals surface area contributed by atoms with E-state index < -0.39 is 29.0 Å². The third-order valence-electron chi connectivity index (χ3n) is 2.04. The number of carboxylic acids is 1. The Kier molecular flexibility index (Phi) is 3.76. The number of ether oxygens (including phenoxy) is 1. The van der Waals surface area contributed by atoms with Crippen molar-refractivity contribution >= 4 is 17.6 Å². The minimum atomic E-state index is -1.18. The summed E-state index contributed by atoms with van der Waals surface area (Å²) in [6.45, 7) is 0. The van der Waals surface area contributed by atoms with Crippen LogP contribution >= 0.6 is 0 Å². The SMILES string of the molecule is COC(=O)c1ccc(CC(=O)O)c([N+](=O)[O-])c1. The third-order valence-corrected chi connectivity index (χ3v) is 2.04. The van der Waals surface area contributed by atoms with Gasteiger partial charge in [0.1, 0.15) is 0 Å². The number of aliphatic carboxylic acids is 1. The molecule has 1 aromatic carbocycles. The van der Waals surface area contributed by atoms with Crippen LogP contribution in [-0.4, -0.2) is 29.1 Å². The number of nitro benzene ring substituents is 1. The lowest BCUT2D eigenvalue weighted by Gasteiger charge is -2.03. The zero-order valence-electron chi connectivity index (χ0n) is 8.87. The number of esters is 1. The molecule has 7 heteroatoms. The van der Waals surface area contributed by atoms with Gasteiger partial charge in [-0.15, -0.1) is 0 Å². The van der Waals surface area contributed by atoms with Crippen molar-refractivity contribution in [1.82, 2.24) is 0 Å². The van der Waals surface area contributed by atoms with Gasteiger partial charge < -0.3 is 9.84 Å². The van der Waals surface area contributed by atoms with Crippen LogP contribution in [0.5, 0.6) is 0 Å². The molecular weight excluding hydrogens is 230 g/mol. The molecule has 0 aliphatic heterocycles. The molecule has 1 N–H and O–H groups in total. The highest BCUT2D eigenvalue weighted by molar-refractivity contribution is 5.90. The number of benzene rings is 1. The van der Waals surface area contributed by atoms with E-state index in [9.17, 15) is 19.7 Å². The van der Waals surface area contributed by atoms with Crippen LogP contribution in [0.1, 0.15) is 15.9 Å². The largest absolute Gasteiger partial charge is 0.481 e. The maximum atomic E-state index is 11.2. The molecule has 0 aliphatic carbocycles. The van der Waals surface area contributed by atoms with Crippen molar-refractivity contribution in [3.05, 3.63) is 39.4 Å². The van der Waals surface area contributed by atoms with Crippen LogP contribution in [0, 0.1) is 10.1 Å². The molecule has 0 saturated heterocycles. The van der Waals surface area contributed by atoms with E-state index in [1.807, 2.05) is 0 Å². The highest BCUT2D eigenvalue weighted by atomic mass is 16.6. The van der Waals surface area contributed by atoms with E-state index in [0.29, 0.717) is 0 Å². The van der Waals surface area contributed by atoms with Gasteiger partial charge in [0, 0.05) is 11.6 Å². The van der Waals surface area contributed by atoms with Gasteiger partial charge in [-0.1, -0.05) is 6.07 Å². The number of nitro groups is 1. The second kappa shape index (κ2) is 5.06. The summed E-state index contributed by atoms with van der Waals surface area (Å²) in [5.74, 6) is -1.89. The fourth-order valence-electron chi connectivity index (χ4n) is 1.29. The van der Waals surface area contributed by atoms with Crippen molar-refractivity contribution in [1.29, 1.82) is 0 Å². The van der Waals surface area contributed by atoms with E-state index in [2.05, 4.69) is 4.74 Å². The van der Waals surface area contributed by atoms with Crippen LogP contribution < -0.4 is 0 Å². The lowest BCUT2D eigenvalue weighted by atomic mass is 10.1. The summed E-state index contributed by atoms with van der Waals surface area (Å²) < 4.78 is 4.41. The summed E-state index contributed by atoms with van der Waals surface area (Å²) in [6, 6.07) is 3.53. The van der Waals surface area contributed by atoms with E-state index in [1.165, 1.54) is 12.1 Å². The number of hydrogen-bond acceptors (Lipinski definition) is 5. The van der Waals surface area contributed by atoms with Crippen molar-refractivity contribution in [2.75, 3.05) is 7.11 Å². The first-order valence-electron chi connectivity index (χ1n) is 4.53. The van der Waals surface area contributed by atoms with E-state index in [1.54, 1.807) is 0 Å². The standard InChI is InChI=1S/C10H9NO6/c1-17-10(14)7-3-2-6(5-9(12)13)8(4-7)11(15)16/h2-4H,5H2,1H3,(H,12,13). The Labute approximate surface area is 95.8 Å². The molecule has 0 fully saturated rings. The molecule has 90 valence electrons. The Bertz CT molecular complexity index is 482. The molecule has 0 spiro atoms. The molecule has 0 atom stereocenters. The maximum Gasteiger partial charge on any atom is 0.338 e. The zero-order chi connectivity index (χ0) is 13.0. The fraction of sp³-hybridized carbons (Fsp3) is 0.200. The van der Waals surface area contributed by atoms with Crippen molar-refractivity contribution in [3.63, 3.8) is 0 Å². The summed E-state index contributed by atoms with van der Waals surface area (Å²) >= 11 is 0. The minimum absolute atomic E-state index is 0.00772. The fourth-order valence-corrected chi connectivity index (χ4v) is 1.29. The molecule has 0 saturated carbocycles. The molecule has 1 rings (SSSR count). The predicted molar refractivity (Wildman–Crippen MR) is 55.8 cm³/mol. The Morgan fingerprint density at radius 3 is 2.59 bits per heavy atom. The predicted octanol–water partition coefficient (Wildman–Crippen LogP) is 1.01. The molecule has 17 heavy (non-hydrogen) atoms. The smallest absolute Gasteiger partial charge is 0.338 e. The van der Waals surface area contributed by atoms with Gasteiger partial charge in [-0.25, -0.2) is 4.79 Å². The molecule has 0 unspecified atom stereocenters. The van der Waals surface area contributed by atoms with Crippen LogP contribution in [0.2, 0.25) is 0 Å². The Morgan fingerprint density at radius 2 is 2.12 bits per heavy atom. The van der Waals surface area contributed by atoms with E-state index in [0.717, 1.165) is 13.2 Å². The molecule has 0 radical (unpaired) electrons. The van der Waals surface area contributed by atoms with E-state index in [4.69, 9.17) is 5.11 Å². The van der Waals surface area contributed by atoms with E-state index in [-0.39, 0.29) is 11.1 Å². The Balaban J connectivity index is 3.21. The Morgan fingerprint density at radius 1 is 1.47 bits per heavy atom. The average molecular weight is 239 g/mol. The van der Waals surface area contributed by atoms with Crippen molar-refractivity contribution in [3.8, 4) is 0 Å². The highest BCUT2D eigenvalue weighted by Gasteiger charge is 2.19. The molecular formula is C10H9NO6. The van der Waals surface area contributed by atoms with Crippen LogP contribution in [-0.2, 0) is 16.0 Å². The minimum Gasteiger partial charge on any atom is -0.481 e. The summed E-state index contributed by atoms with van der Waals surface area (Å²) in [4.78, 5) is 31.7. The average Bonchev–Trinajstić information content (AvgIpc) is 2.27. The van der Waals surface area contributed by atoms with Gasteiger partial charge in [-0.3, -0.25) is 14.9 Å². The number of carbonyl (C=O) groups excluding carboxylic acids is 1. The van der Waals surface area contributed by atoms with Gasteiger partial charge in [0.15, 0.2) is 0 Å². The quantitative estimate of drug-likeness (QED) is 0.477. The summed E-state index contributed by atoms with van der Waals surface area (Å²) in [5, 5.41) is 19.3. The first kappa shape index (κ1) is 12.6. The van der Waals surface area contributed by atoms with Gasteiger partial charge >= 0.3 is 11.9 Å². The van der Waals surface area contributed by atoms with E-state index >= 15 is 0 Å². The zero-order valence-corrected chi connectivity index (χ0v) is 8.87. The molecule has 1 aromatic rings. The molecule has 0 aliphatic rings.